The first kappa shape index (κ1) is 30.5. The lowest BCUT2D eigenvalue weighted by Crippen LogP contribution is -2.46. The predicted octanol–water partition coefficient (Wildman–Crippen LogP) is 6.50. The number of benzene rings is 4. The maximum absolute atomic E-state index is 13.7. The van der Waals surface area contributed by atoms with Gasteiger partial charge in [-0.05, 0) is 102 Å². The third-order valence-corrected chi connectivity index (χ3v) is 9.44. The molecule has 2 aliphatic rings. The summed E-state index contributed by atoms with van der Waals surface area (Å²) in [6.07, 6.45) is 2.90. The SMILES string of the molecule is COc1ccc(C2(c3ccc(OC)cc3)CCCN(Cc3cccc(C(=O)N4CCc5cc(OC)c(OC)cc5C4)c3)C2)cc1. The highest BCUT2D eigenvalue weighted by atomic mass is 16.5. The topological polar surface area (TPSA) is 60.5 Å². The van der Waals surface area contributed by atoms with Crippen LogP contribution in [0.5, 0.6) is 23.0 Å². The molecule has 4 aromatic carbocycles. The molecular weight excluding hydrogens is 564 g/mol. The highest BCUT2D eigenvalue weighted by molar-refractivity contribution is 5.94. The van der Waals surface area contributed by atoms with Crippen LogP contribution in [0.2, 0.25) is 0 Å². The van der Waals surface area contributed by atoms with E-state index in [4.69, 9.17) is 18.9 Å². The fraction of sp³-hybridized carbons (Fsp3) is 0.342. The summed E-state index contributed by atoms with van der Waals surface area (Å²) in [6.45, 7) is 3.87. The van der Waals surface area contributed by atoms with Crippen LogP contribution < -0.4 is 18.9 Å². The van der Waals surface area contributed by atoms with Crippen LogP contribution >= 0.6 is 0 Å². The molecule has 1 fully saturated rings. The first-order valence-electron chi connectivity index (χ1n) is 15.6. The summed E-state index contributed by atoms with van der Waals surface area (Å²) in [5, 5.41) is 0. The number of amides is 1. The minimum absolute atomic E-state index is 0.0572. The average Bonchev–Trinajstić information content (AvgIpc) is 3.10. The van der Waals surface area contributed by atoms with Gasteiger partial charge in [-0.1, -0.05) is 36.4 Å². The van der Waals surface area contributed by atoms with E-state index >= 15 is 0 Å². The second-order valence-electron chi connectivity index (χ2n) is 12.0. The molecule has 2 heterocycles. The zero-order valence-electron chi connectivity index (χ0n) is 26.7. The van der Waals surface area contributed by atoms with Crippen LogP contribution in [0, 0.1) is 0 Å². The summed E-state index contributed by atoms with van der Waals surface area (Å²) >= 11 is 0. The van der Waals surface area contributed by atoms with E-state index < -0.39 is 0 Å². The monoisotopic (exact) mass is 606 g/mol. The van der Waals surface area contributed by atoms with Crippen LogP contribution in [-0.4, -0.2) is 63.8 Å². The molecule has 2 aliphatic heterocycles. The van der Waals surface area contributed by atoms with Crippen molar-refractivity contribution in [2.45, 2.75) is 37.8 Å². The fourth-order valence-corrected chi connectivity index (χ4v) is 7.04. The van der Waals surface area contributed by atoms with Crippen molar-refractivity contribution < 1.29 is 23.7 Å². The molecule has 0 unspecified atom stereocenters. The number of nitrogens with zero attached hydrogens (tertiary/aromatic N) is 2. The van der Waals surface area contributed by atoms with E-state index in [1.165, 1.54) is 16.7 Å². The van der Waals surface area contributed by atoms with Crippen molar-refractivity contribution in [1.29, 1.82) is 0 Å². The fourth-order valence-electron chi connectivity index (χ4n) is 7.04. The molecule has 0 aliphatic carbocycles. The normalized spacial score (nSPS) is 16.0. The van der Waals surface area contributed by atoms with Crippen molar-refractivity contribution >= 4 is 5.91 Å². The van der Waals surface area contributed by atoms with Crippen molar-refractivity contribution in [3.05, 3.63) is 118 Å². The minimum atomic E-state index is -0.171. The van der Waals surface area contributed by atoms with Crippen LogP contribution in [0.4, 0.5) is 0 Å². The van der Waals surface area contributed by atoms with Gasteiger partial charge in [0, 0.05) is 37.2 Å². The number of likely N-dealkylation sites (tertiary alicyclic amines) is 1. The molecule has 6 rings (SSSR count). The van der Waals surface area contributed by atoms with Gasteiger partial charge in [0.05, 0.1) is 28.4 Å². The van der Waals surface area contributed by atoms with Crippen molar-refractivity contribution in [2.75, 3.05) is 48.1 Å². The molecule has 4 aromatic rings. The molecule has 0 radical (unpaired) electrons. The lowest BCUT2D eigenvalue weighted by molar-refractivity contribution is 0.0734. The van der Waals surface area contributed by atoms with Crippen LogP contribution in [0.1, 0.15) is 51.0 Å². The highest BCUT2D eigenvalue weighted by Crippen LogP contribution is 2.42. The van der Waals surface area contributed by atoms with E-state index in [1.807, 2.05) is 29.2 Å². The van der Waals surface area contributed by atoms with Crippen LogP contribution in [0.25, 0.3) is 0 Å². The van der Waals surface area contributed by atoms with Gasteiger partial charge in [-0.25, -0.2) is 0 Å². The number of hydrogen-bond donors (Lipinski definition) is 0. The van der Waals surface area contributed by atoms with Gasteiger partial charge >= 0.3 is 0 Å². The van der Waals surface area contributed by atoms with Crippen molar-refractivity contribution in [3.63, 3.8) is 0 Å². The lowest BCUT2D eigenvalue weighted by Gasteiger charge is -2.44. The predicted molar refractivity (Wildman–Crippen MR) is 176 cm³/mol. The van der Waals surface area contributed by atoms with Gasteiger partial charge in [0.15, 0.2) is 11.5 Å². The summed E-state index contributed by atoms with van der Waals surface area (Å²) in [4.78, 5) is 18.2. The number of fused-ring (bicyclic) bond motifs is 1. The number of methoxy groups -OCH3 is 4. The van der Waals surface area contributed by atoms with Gasteiger partial charge in [0.25, 0.3) is 5.91 Å². The number of piperidine rings is 1. The van der Waals surface area contributed by atoms with E-state index in [9.17, 15) is 4.79 Å². The first-order chi connectivity index (χ1) is 22.0. The Morgan fingerprint density at radius 3 is 1.96 bits per heavy atom. The molecule has 0 aromatic heterocycles. The number of carbonyl (C=O) groups is 1. The van der Waals surface area contributed by atoms with Gasteiger partial charge < -0.3 is 23.8 Å². The number of rotatable bonds is 9. The van der Waals surface area contributed by atoms with E-state index in [0.717, 1.165) is 72.8 Å². The molecule has 7 heteroatoms. The van der Waals surface area contributed by atoms with Crippen LogP contribution in [-0.2, 0) is 24.9 Å². The van der Waals surface area contributed by atoms with Crippen molar-refractivity contribution in [1.82, 2.24) is 9.80 Å². The van der Waals surface area contributed by atoms with Crippen molar-refractivity contribution in [2.24, 2.45) is 0 Å². The molecule has 1 amide bonds. The Hall–Kier alpha value is -4.49. The standard InChI is InChI=1S/C38H42N2O5/c1-42-33-13-9-31(10-14-33)38(32-11-15-34(43-2)16-12-32)18-6-19-39(26-38)24-27-7-5-8-29(21-27)37(41)40-20-17-28-22-35(44-3)36(45-4)23-30(28)25-40/h5,7-16,21-23H,6,17-20,24-26H2,1-4H3. The molecule has 0 N–H and O–H groups in total. The second kappa shape index (κ2) is 13.2. The zero-order valence-corrected chi connectivity index (χ0v) is 26.7. The average molecular weight is 607 g/mol. The summed E-state index contributed by atoms with van der Waals surface area (Å²) in [5.74, 6) is 3.18. The first-order valence-corrected chi connectivity index (χ1v) is 15.6. The van der Waals surface area contributed by atoms with Gasteiger partial charge in [0.2, 0.25) is 0 Å². The second-order valence-corrected chi connectivity index (χ2v) is 12.0. The summed E-state index contributed by atoms with van der Waals surface area (Å²) < 4.78 is 21.9. The molecule has 0 saturated carbocycles. The van der Waals surface area contributed by atoms with Gasteiger partial charge in [-0.2, -0.15) is 0 Å². The van der Waals surface area contributed by atoms with E-state index in [1.54, 1.807) is 28.4 Å². The molecular formula is C38H42N2O5. The van der Waals surface area contributed by atoms with Crippen LogP contribution in [0.3, 0.4) is 0 Å². The number of ether oxygens (including phenoxy) is 4. The molecule has 1 saturated heterocycles. The Balaban J connectivity index is 1.22. The Kier molecular flexibility index (Phi) is 8.99. The third kappa shape index (κ3) is 6.22. The summed E-state index contributed by atoms with van der Waals surface area (Å²) in [5.41, 5.74) is 6.56. The Bertz CT molecular complexity index is 1590. The highest BCUT2D eigenvalue weighted by Gasteiger charge is 2.39. The maximum Gasteiger partial charge on any atom is 0.254 e. The molecule has 0 spiro atoms. The van der Waals surface area contributed by atoms with E-state index in [0.29, 0.717) is 18.8 Å². The van der Waals surface area contributed by atoms with Crippen LogP contribution in [0.15, 0.2) is 84.9 Å². The minimum Gasteiger partial charge on any atom is -0.497 e. The summed E-state index contributed by atoms with van der Waals surface area (Å²) in [7, 11) is 6.70. The molecule has 0 atom stereocenters. The van der Waals surface area contributed by atoms with E-state index in [-0.39, 0.29) is 11.3 Å². The molecule has 7 nitrogen and oxygen atoms in total. The third-order valence-electron chi connectivity index (χ3n) is 9.44. The Labute approximate surface area is 266 Å². The smallest absolute Gasteiger partial charge is 0.254 e. The molecule has 0 bridgehead atoms. The molecule has 234 valence electrons. The molecule has 45 heavy (non-hydrogen) atoms. The summed E-state index contributed by atoms with van der Waals surface area (Å²) in [6, 6.07) is 29.2. The quantitative estimate of drug-likeness (QED) is 0.217. The Morgan fingerprint density at radius 2 is 1.36 bits per heavy atom. The van der Waals surface area contributed by atoms with Gasteiger partial charge in [-0.15, -0.1) is 0 Å². The van der Waals surface area contributed by atoms with Gasteiger partial charge in [-0.3, -0.25) is 9.69 Å². The largest absolute Gasteiger partial charge is 0.497 e. The number of hydrogen-bond acceptors (Lipinski definition) is 6. The zero-order chi connectivity index (χ0) is 31.4. The Morgan fingerprint density at radius 1 is 0.733 bits per heavy atom. The lowest BCUT2D eigenvalue weighted by atomic mass is 9.69. The maximum atomic E-state index is 13.7. The number of carbonyl (C=O) groups excluding carboxylic acids is 1. The van der Waals surface area contributed by atoms with E-state index in [2.05, 4.69) is 65.6 Å². The van der Waals surface area contributed by atoms with Crippen molar-refractivity contribution in [3.8, 4) is 23.0 Å². The van der Waals surface area contributed by atoms with Gasteiger partial charge in [0.1, 0.15) is 11.5 Å².